The maximum absolute atomic E-state index is 6.11. The molecule has 1 aromatic heterocycles. The topological polar surface area (TPSA) is 17.8 Å². The number of hydrogen-bond donors (Lipinski definition) is 0. The van der Waals surface area contributed by atoms with Gasteiger partial charge < -0.3 is 0 Å². The van der Waals surface area contributed by atoms with Gasteiger partial charge in [-0.3, -0.25) is 4.68 Å². The SMILES string of the molecule is CCCCCn1ncc(Cl)c1C1CC1. The van der Waals surface area contributed by atoms with Gasteiger partial charge in [0.15, 0.2) is 0 Å². The minimum absolute atomic E-state index is 0.701. The molecule has 3 heteroatoms. The van der Waals surface area contributed by atoms with Gasteiger partial charge >= 0.3 is 0 Å². The lowest BCUT2D eigenvalue weighted by atomic mass is 10.2. The third-order valence-electron chi connectivity index (χ3n) is 2.77. The Bertz CT molecular complexity index is 302. The maximum Gasteiger partial charge on any atom is 0.0820 e. The van der Waals surface area contributed by atoms with Crippen molar-refractivity contribution in [2.75, 3.05) is 0 Å². The van der Waals surface area contributed by atoms with Crippen molar-refractivity contribution in [1.29, 1.82) is 0 Å². The van der Waals surface area contributed by atoms with Gasteiger partial charge in [0.05, 0.1) is 16.9 Å². The van der Waals surface area contributed by atoms with Crippen molar-refractivity contribution in [2.45, 2.75) is 51.5 Å². The van der Waals surface area contributed by atoms with E-state index in [1.807, 2.05) is 0 Å². The fourth-order valence-corrected chi connectivity index (χ4v) is 2.12. The number of aromatic nitrogens is 2. The van der Waals surface area contributed by atoms with Gasteiger partial charge in [-0.15, -0.1) is 0 Å². The molecule has 0 spiro atoms. The molecular formula is C11H17ClN2. The van der Waals surface area contributed by atoms with Crippen LogP contribution in [0.2, 0.25) is 5.02 Å². The Balaban J connectivity index is 2.01. The highest BCUT2D eigenvalue weighted by Crippen LogP contribution is 2.43. The molecule has 0 amide bonds. The Labute approximate surface area is 90.3 Å². The maximum atomic E-state index is 6.11. The van der Waals surface area contributed by atoms with Crippen LogP contribution in [0.15, 0.2) is 6.20 Å². The van der Waals surface area contributed by atoms with Crippen LogP contribution in [0.3, 0.4) is 0 Å². The summed E-state index contributed by atoms with van der Waals surface area (Å²) < 4.78 is 2.11. The molecule has 2 rings (SSSR count). The van der Waals surface area contributed by atoms with Gasteiger partial charge in [-0.25, -0.2) is 0 Å². The van der Waals surface area contributed by atoms with Crippen molar-refractivity contribution in [2.24, 2.45) is 0 Å². The van der Waals surface area contributed by atoms with Crippen LogP contribution < -0.4 is 0 Å². The highest BCUT2D eigenvalue weighted by Gasteiger charge is 2.29. The molecule has 0 aliphatic heterocycles. The van der Waals surface area contributed by atoms with Crippen LogP contribution in [0.4, 0.5) is 0 Å². The normalized spacial score (nSPS) is 16.1. The molecule has 1 aliphatic carbocycles. The summed E-state index contributed by atoms with van der Waals surface area (Å²) in [6.45, 7) is 3.25. The Morgan fingerprint density at radius 1 is 1.50 bits per heavy atom. The molecule has 0 radical (unpaired) electrons. The summed E-state index contributed by atoms with van der Waals surface area (Å²) in [7, 11) is 0. The molecule has 1 aromatic rings. The third kappa shape index (κ3) is 2.11. The van der Waals surface area contributed by atoms with E-state index in [2.05, 4.69) is 16.7 Å². The van der Waals surface area contributed by atoms with Crippen LogP contribution in [0.1, 0.15) is 50.6 Å². The fraction of sp³-hybridized carbons (Fsp3) is 0.727. The minimum atomic E-state index is 0.701. The Kier molecular flexibility index (Phi) is 3.12. The number of halogens is 1. The molecule has 0 aromatic carbocycles. The number of unbranched alkanes of at least 4 members (excludes halogenated alkanes) is 2. The average molecular weight is 213 g/mol. The second kappa shape index (κ2) is 4.35. The fourth-order valence-electron chi connectivity index (χ4n) is 1.82. The Morgan fingerprint density at radius 3 is 2.93 bits per heavy atom. The largest absolute Gasteiger partial charge is 0.268 e. The lowest BCUT2D eigenvalue weighted by Gasteiger charge is -2.06. The molecule has 1 aliphatic rings. The molecular weight excluding hydrogens is 196 g/mol. The zero-order valence-electron chi connectivity index (χ0n) is 8.67. The van der Waals surface area contributed by atoms with E-state index in [4.69, 9.17) is 11.6 Å². The Morgan fingerprint density at radius 2 is 2.29 bits per heavy atom. The molecule has 14 heavy (non-hydrogen) atoms. The summed E-state index contributed by atoms with van der Waals surface area (Å²) in [5.74, 6) is 0.701. The quantitative estimate of drug-likeness (QED) is 0.682. The van der Waals surface area contributed by atoms with E-state index in [-0.39, 0.29) is 0 Å². The second-order valence-corrected chi connectivity index (χ2v) is 4.49. The summed E-state index contributed by atoms with van der Waals surface area (Å²) in [6.07, 6.45) is 8.13. The molecule has 1 fully saturated rings. The first kappa shape index (κ1) is 10.0. The monoisotopic (exact) mass is 212 g/mol. The van der Waals surface area contributed by atoms with Crippen molar-refractivity contribution in [1.82, 2.24) is 9.78 Å². The summed E-state index contributed by atoms with van der Waals surface area (Å²) in [5.41, 5.74) is 1.28. The molecule has 0 atom stereocenters. The molecule has 78 valence electrons. The van der Waals surface area contributed by atoms with Gasteiger partial charge in [-0.2, -0.15) is 5.10 Å². The molecule has 1 heterocycles. The van der Waals surface area contributed by atoms with E-state index in [1.165, 1.54) is 37.8 Å². The molecule has 0 unspecified atom stereocenters. The van der Waals surface area contributed by atoms with E-state index in [9.17, 15) is 0 Å². The van der Waals surface area contributed by atoms with E-state index in [1.54, 1.807) is 6.20 Å². The van der Waals surface area contributed by atoms with Gasteiger partial charge in [-0.1, -0.05) is 31.4 Å². The summed E-state index contributed by atoms with van der Waals surface area (Å²) in [6, 6.07) is 0. The summed E-state index contributed by atoms with van der Waals surface area (Å²) >= 11 is 6.11. The number of aryl methyl sites for hydroxylation is 1. The first-order chi connectivity index (χ1) is 6.83. The molecule has 0 N–H and O–H groups in total. The molecule has 2 nitrogen and oxygen atoms in total. The van der Waals surface area contributed by atoms with Crippen LogP contribution in [0, 0.1) is 0 Å². The second-order valence-electron chi connectivity index (χ2n) is 4.08. The zero-order valence-corrected chi connectivity index (χ0v) is 9.43. The molecule has 1 saturated carbocycles. The van der Waals surface area contributed by atoms with Crippen molar-refractivity contribution < 1.29 is 0 Å². The smallest absolute Gasteiger partial charge is 0.0820 e. The summed E-state index contributed by atoms with van der Waals surface area (Å²) in [5, 5.41) is 5.20. The van der Waals surface area contributed by atoms with Crippen LogP contribution in [-0.4, -0.2) is 9.78 Å². The first-order valence-electron chi connectivity index (χ1n) is 5.54. The summed E-state index contributed by atoms with van der Waals surface area (Å²) in [4.78, 5) is 0. The van der Waals surface area contributed by atoms with Crippen molar-refractivity contribution >= 4 is 11.6 Å². The van der Waals surface area contributed by atoms with Gasteiger partial charge in [-0.05, 0) is 19.3 Å². The van der Waals surface area contributed by atoms with Crippen molar-refractivity contribution in [3.63, 3.8) is 0 Å². The molecule has 0 saturated heterocycles. The van der Waals surface area contributed by atoms with E-state index in [0.29, 0.717) is 5.92 Å². The van der Waals surface area contributed by atoms with E-state index in [0.717, 1.165) is 11.6 Å². The van der Waals surface area contributed by atoms with E-state index < -0.39 is 0 Å². The van der Waals surface area contributed by atoms with Crippen LogP contribution in [0.25, 0.3) is 0 Å². The predicted octanol–water partition coefficient (Wildman–Crippen LogP) is 3.60. The number of nitrogens with zero attached hydrogens (tertiary/aromatic N) is 2. The van der Waals surface area contributed by atoms with Crippen LogP contribution in [0.5, 0.6) is 0 Å². The molecule has 0 bridgehead atoms. The lowest BCUT2D eigenvalue weighted by Crippen LogP contribution is -2.04. The van der Waals surface area contributed by atoms with Crippen LogP contribution in [-0.2, 0) is 6.54 Å². The third-order valence-corrected chi connectivity index (χ3v) is 3.06. The predicted molar refractivity (Wildman–Crippen MR) is 58.7 cm³/mol. The van der Waals surface area contributed by atoms with Crippen molar-refractivity contribution in [3.05, 3.63) is 16.9 Å². The van der Waals surface area contributed by atoms with Gasteiger partial charge in [0.25, 0.3) is 0 Å². The standard InChI is InChI=1S/C11H17ClN2/c1-2-3-4-7-14-11(9-5-6-9)10(12)8-13-14/h8-9H,2-7H2,1H3. The van der Waals surface area contributed by atoms with Gasteiger partial charge in [0.1, 0.15) is 0 Å². The lowest BCUT2D eigenvalue weighted by molar-refractivity contribution is 0.534. The first-order valence-corrected chi connectivity index (χ1v) is 5.92. The van der Waals surface area contributed by atoms with Gasteiger partial charge in [0.2, 0.25) is 0 Å². The minimum Gasteiger partial charge on any atom is -0.268 e. The number of hydrogen-bond acceptors (Lipinski definition) is 1. The van der Waals surface area contributed by atoms with E-state index >= 15 is 0 Å². The number of rotatable bonds is 5. The highest BCUT2D eigenvalue weighted by molar-refractivity contribution is 6.31. The highest BCUT2D eigenvalue weighted by atomic mass is 35.5. The van der Waals surface area contributed by atoms with Gasteiger partial charge in [0, 0.05) is 12.5 Å². The van der Waals surface area contributed by atoms with Crippen molar-refractivity contribution in [3.8, 4) is 0 Å². The average Bonchev–Trinajstić information content (AvgIpc) is 2.93. The van der Waals surface area contributed by atoms with Crippen LogP contribution >= 0.6 is 11.6 Å². The Hall–Kier alpha value is -0.500. The zero-order chi connectivity index (χ0) is 9.97.